The van der Waals surface area contributed by atoms with Crippen LogP contribution in [0.1, 0.15) is 21.5 Å². The average molecular weight is 324 g/mol. The second-order valence-electron chi connectivity index (χ2n) is 6.14. The maximum Gasteiger partial charge on any atom is 0.339 e. The molecule has 1 N–H and O–H groups in total. The standard InChI is InChI=1S/C19H20N2O3/c1-12-10-14(21(2)3)8-9-16(12)20-18(22)17-11-13-6-4-5-7-15(13)19(23)24-17/h4-10,17H,11H2,1-3H3,(H,20,22)/t17-/m1/s1. The zero-order valence-corrected chi connectivity index (χ0v) is 14.0. The first-order valence-electron chi connectivity index (χ1n) is 7.83. The van der Waals surface area contributed by atoms with Crippen molar-refractivity contribution in [2.45, 2.75) is 19.4 Å². The maximum atomic E-state index is 12.5. The van der Waals surface area contributed by atoms with Gasteiger partial charge in [-0.1, -0.05) is 18.2 Å². The van der Waals surface area contributed by atoms with Crippen molar-refractivity contribution in [1.82, 2.24) is 0 Å². The van der Waals surface area contributed by atoms with Crippen molar-refractivity contribution >= 4 is 23.3 Å². The zero-order valence-electron chi connectivity index (χ0n) is 14.0. The molecule has 0 aromatic heterocycles. The molecule has 124 valence electrons. The molecule has 5 heteroatoms. The predicted molar refractivity (Wildman–Crippen MR) is 93.5 cm³/mol. The number of carbonyl (C=O) groups excluding carboxylic acids is 2. The number of nitrogens with zero attached hydrogens (tertiary/aromatic N) is 1. The third kappa shape index (κ3) is 3.11. The summed E-state index contributed by atoms with van der Waals surface area (Å²) in [6.45, 7) is 1.94. The molecule has 0 spiro atoms. The van der Waals surface area contributed by atoms with Gasteiger partial charge >= 0.3 is 5.97 Å². The SMILES string of the molecule is Cc1cc(N(C)C)ccc1NC(=O)[C@H]1Cc2ccccc2C(=O)O1. The number of hydrogen-bond donors (Lipinski definition) is 1. The molecule has 0 radical (unpaired) electrons. The van der Waals surface area contributed by atoms with Crippen LogP contribution in [0.15, 0.2) is 42.5 Å². The number of benzene rings is 2. The Balaban J connectivity index is 1.76. The van der Waals surface area contributed by atoms with Gasteiger partial charge < -0.3 is 15.0 Å². The van der Waals surface area contributed by atoms with E-state index in [4.69, 9.17) is 4.74 Å². The Morgan fingerprint density at radius 3 is 2.67 bits per heavy atom. The Hall–Kier alpha value is -2.82. The molecule has 0 bridgehead atoms. The van der Waals surface area contributed by atoms with Gasteiger partial charge in [-0.3, -0.25) is 4.79 Å². The Kier molecular flexibility index (Phi) is 4.25. The Morgan fingerprint density at radius 1 is 1.21 bits per heavy atom. The number of aryl methyl sites for hydroxylation is 1. The first-order chi connectivity index (χ1) is 11.5. The number of hydrogen-bond acceptors (Lipinski definition) is 4. The average Bonchev–Trinajstić information content (AvgIpc) is 2.56. The lowest BCUT2D eigenvalue weighted by molar-refractivity contribution is -0.125. The normalized spacial score (nSPS) is 16.1. The molecule has 5 nitrogen and oxygen atoms in total. The molecular weight excluding hydrogens is 304 g/mol. The fourth-order valence-electron chi connectivity index (χ4n) is 2.76. The molecule has 2 aromatic rings. The van der Waals surface area contributed by atoms with Gasteiger partial charge in [0, 0.05) is 31.9 Å². The largest absolute Gasteiger partial charge is 0.448 e. The van der Waals surface area contributed by atoms with E-state index in [1.54, 1.807) is 12.1 Å². The van der Waals surface area contributed by atoms with Crippen LogP contribution in [0.25, 0.3) is 0 Å². The molecule has 2 aromatic carbocycles. The smallest absolute Gasteiger partial charge is 0.339 e. The maximum absolute atomic E-state index is 12.5. The molecule has 1 aliphatic rings. The van der Waals surface area contributed by atoms with Crippen LogP contribution < -0.4 is 10.2 Å². The quantitative estimate of drug-likeness (QED) is 0.882. The number of carbonyl (C=O) groups is 2. The molecule has 1 atom stereocenters. The molecule has 0 saturated carbocycles. The number of cyclic esters (lactones) is 1. The molecule has 0 unspecified atom stereocenters. The van der Waals surface area contributed by atoms with Crippen LogP contribution >= 0.6 is 0 Å². The molecule has 1 heterocycles. The lowest BCUT2D eigenvalue weighted by atomic mass is 9.98. The van der Waals surface area contributed by atoms with Crippen molar-refractivity contribution in [1.29, 1.82) is 0 Å². The van der Waals surface area contributed by atoms with Gasteiger partial charge in [-0.2, -0.15) is 0 Å². The van der Waals surface area contributed by atoms with Crippen LogP contribution in [-0.4, -0.2) is 32.1 Å². The summed E-state index contributed by atoms with van der Waals surface area (Å²) < 4.78 is 5.29. The van der Waals surface area contributed by atoms with Gasteiger partial charge in [0.05, 0.1) is 5.56 Å². The predicted octanol–water partition coefficient (Wildman–Crippen LogP) is 2.78. The second kappa shape index (κ2) is 6.35. The van der Waals surface area contributed by atoms with E-state index in [0.717, 1.165) is 22.5 Å². The highest BCUT2D eigenvalue weighted by atomic mass is 16.5. The van der Waals surface area contributed by atoms with E-state index in [9.17, 15) is 9.59 Å². The topological polar surface area (TPSA) is 58.6 Å². The van der Waals surface area contributed by atoms with Crippen molar-refractivity contribution in [3.63, 3.8) is 0 Å². The van der Waals surface area contributed by atoms with E-state index >= 15 is 0 Å². The van der Waals surface area contributed by atoms with Crippen molar-refractivity contribution in [3.8, 4) is 0 Å². The minimum atomic E-state index is -0.805. The number of rotatable bonds is 3. The van der Waals surface area contributed by atoms with Crippen molar-refractivity contribution in [3.05, 3.63) is 59.2 Å². The van der Waals surface area contributed by atoms with Crippen molar-refractivity contribution in [2.75, 3.05) is 24.3 Å². The van der Waals surface area contributed by atoms with E-state index < -0.39 is 12.1 Å². The number of amides is 1. The fraction of sp³-hybridized carbons (Fsp3) is 0.263. The monoisotopic (exact) mass is 324 g/mol. The lowest BCUT2D eigenvalue weighted by Crippen LogP contribution is -2.38. The molecule has 1 amide bonds. The zero-order chi connectivity index (χ0) is 17.3. The molecule has 0 saturated heterocycles. The molecule has 3 rings (SSSR count). The molecule has 24 heavy (non-hydrogen) atoms. The van der Waals surface area contributed by atoms with Gasteiger partial charge in [-0.25, -0.2) is 4.79 Å². The van der Waals surface area contributed by atoms with Gasteiger partial charge in [0.25, 0.3) is 5.91 Å². The lowest BCUT2D eigenvalue weighted by Gasteiger charge is -2.24. The summed E-state index contributed by atoms with van der Waals surface area (Å²) >= 11 is 0. The summed E-state index contributed by atoms with van der Waals surface area (Å²) in [5.74, 6) is -0.754. The van der Waals surface area contributed by atoms with Crippen LogP contribution in [0.3, 0.4) is 0 Å². The van der Waals surface area contributed by atoms with Gasteiger partial charge in [0.2, 0.25) is 0 Å². The second-order valence-corrected chi connectivity index (χ2v) is 6.14. The third-order valence-electron chi connectivity index (χ3n) is 4.17. The summed E-state index contributed by atoms with van der Waals surface area (Å²) in [5.41, 5.74) is 4.11. The highest BCUT2D eigenvalue weighted by Gasteiger charge is 2.31. The van der Waals surface area contributed by atoms with E-state index in [1.807, 2.05) is 56.3 Å². The number of anilines is 2. The van der Waals surface area contributed by atoms with E-state index in [1.165, 1.54) is 0 Å². The van der Waals surface area contributed by atoms with Crippen molar-refractivity contribution in [2.24, 2.45) is 0 Å². The number of esters is 1. The molecule has 0 aliphatic carbocycles. The summed E-state index contributed by atoms with van der Waals surface area (Å²) in [5, 5.41) is 2.86. The third-order valence-corrected chi connectivity index (χ3v) is 4.17. The van der Waals surface area contributed by atoms with E-state index in [0.29, 0.717) is 12.0 Å². The van der Waals surface area contributed by atoms with Gasteiger partial charge in [0.1, 0.15) is 0 Å². The van der Waals surface area contributed by atoms with Crippen LogP contribution in [0, 0.1) is 6.92 Å². The Labute approximate surface area is 141 Å². The van der Waals surface area contributed by atoms with Gasteiger partial charge in [-0.05, 0) is 42.3 Å². The summed E-state index contributed by atoms with van der Waals surface area (Å²) in [6.07, 6.45) is -0.414. The van der Waals surface area contributed by atoms with E-state index in [-0.39, 0.29) is 5.91 Å². The first-order valence-corrected chi connectivity index (χ1v) is 7.83. The fourth-order valence-corrected chi connectivity index (χ4v) is 2.76. The number of fused-ring (bicyclic) bond motifs is 1. The van der Waals surface area contributed by atoms with Crippen molar-refractivity contribution < 1.29 is 14.3 Å². The highest BCUT2D eigenvalue weighted by molar-refractivity contribution is 6.00. The number of nitrogens with one attached hydrogen (secondary N) is 1. The number of ether oxygens (including phenoxy) is 1. The van der Waals surface area contributed by atoms with Crippen LogP contribution in [0.5, 0.6) is 0 Å². The molecular formula is C19H20N2O3. The van der Waals surface area contributed by atoms with Gasteiger partial charge in [0.15, 0.2) is 6.10 Å². The highest BCUT2D eigenvalue weighted by Crippen LogP contribution is 2.24. The first kappa shape index (κ1) is 16.1. The van der Waals surface area contributed by atoms with Crippen LogP contribution in [0.4, 0.5) is 11.4 Å². The summed E-state index contributed by atoms with van der Waals surface area (Å²) in [7, 11) is 3.93. The molecule has 0 fully saturated rings. The molecule has 1 aliphatic heterocycles. The summed E-state index contributed by atoms with van der Waals surface area (Å²) in [4.78, 5) is 26.5. The minimum Gasteiger partial charge on any atom is -0.448 e. The van der Waals surface area contributed by atoms with Crippen LogP contribution in [-0.2, 0) is 16.0 Å². The van der Waals surface area contributed by atoms with E-state index in [2.05, 4.69) is 5.32 Å². The summed E-state index contributed by atoms with van der Waals surface area (Å²) in [6, 6.07) is 13.0. The Morgan fingerprint density at radius 2 is 1.96 bits per heavy atom. The minimum absolute atomic E-state index is 0.307. The van der Waals surface area contributed by atoms with Crippen LogP contribution in [0.2, 0.25) is 0 Å². The van der Waals surface area contributed by atoms with Gasteiger partial charge in [-0.15, -0.1) is 0 Å². The Bertz CT molecular complexity index is 799.